The van der Waals surface area contributed by atoms with E-state index in [9.17, 15) is 0 Å². The van der Waals surface area contributed by atoms with Crippen molar-refractivity contribution in [2.24, 2.45) is 12.8 Å². The third-order valence-electron chi connectivity index (χ3n) is 2.84. The predicted molar refractivity (Wildman–Crippen MR) is 55.7 cm³/mol. The summed E-state index contributed by atoms with van der Waals surface area (Å²) in [5.74, 6) is 0. The van der Waals surface area contributed by atoms with Crippen molar-refractivity contribution in [1.29, 1.82) is 0 Å². The molecule has 2 N–H and O–H groups in total. The molecule has 4 heteroatoms. The smallest absolute Gasteiger partial charge is 0.0945 e. The second-order valence-electron chi connectivity index (χ2n) is 4.13. The second-order valence-corrected chi connectivity index (χ2v) is 4.13. The number of hydrogen-bond acceptors (Lipinski definition) is 3. The lowest BCUT2D eigenvalue weighted by Gasteiger charge is -2.30. The molecule has 14 heavy (non-hydrogen) atoms. The fourth-order valence-corrected chi connectivity index (χ4v) is 2.00. The van der Waals surface area contributed by atoms with Gasteiger partial charge >= 0.3 is 0 Å². The van der Waals surface area contributed by atoms with Crippen LogP contribution in [-0.2, 0) is 13.6 Å². The number of piperidine rings is 1. The van der Waals surface area contributed by atoms with Gasteiger partial charge in [0.2, 0.25) is 0 Å². The van der Waals surface area contributed by atoms with Crippen molar-refractivity contribution in [3.8, 4) is 0 Å². The van der Waals surface area contributed by atoms with Gasteiger partial charge in [-0.15, -0.1) is 0 Å². The molecule has 1 fully saturated rings. The normalized spacial score (nSPS) is 24.0. The molecule has 0 spiro atoms. The van der Waals surface area contributed by atoms with Crippen molar-refractivity contribution in [2.45, 2.75) is 25.4 Å². The Bertz CT molecular complexity index is 294. The maximum atomic E-state index is 5.93. The molecule has 0 amide bonds. The van der Waals surface area contributed by atoms with Gasteiger partial charge in [0, 0.05) is 32.4 Å². The van der Waals surface area contributed by atoms with Crippen LogP contribution < -0.4 is 5.73 Å². The maximum Gasteiger partial charge on any atom is 0.0945 e. The van der Waals surface area contributed by atoms with Crippen molar-refractivity contribution in [3.63, 3.8) is 0 Å². The van der Waals surface area contributed by atoms with Gasteiger partial charge in [-0.25, -0.2) is 4.98 Å². The van der Waals surface area contributed by atoms with Gasteiger partial charge in [-0.3, -0.25) is 4.90 Å². The standard InChI is InChI=1S/C10H18N4/c1-13-8-12-5-10(13)7-14-4-2-3-9(11)6-14/h5,8-9H,2-4,6-7,11H2,1H3/t9-/m1/s1. The largest absolute Gasteiger partial charge is 0.337 e. The number of hydrogen-bond donors (Lipinski definition) is 1. The minimum atomic E-state index is 0.358. The molecule has 1 aliphatic heterocycles. The number of aromatic nitrogens is 2. The molecule has 4 nitrogen and oxygen atoms in total. The Labute approximate surface area is 84.7 Å². The van der Waals surface area contributed by atoms with Crippen LogP contribution in [0.4, 0.5) is 0 Å². The van der Waals surface area contributed by atoms with Gasteiger partial charge < -0.3 is 10.3 Å². The first-order chi connectivity index (χ1) is 6.75. The molecule has 2 rings (SSSR count). The summed E-state index contributed by atoms with van der Waals surface area (Å²) in [7, 11) is 2.03. The minimum Gasteiger partial charge on any atom is -0.337 e. The first-order valence-corrected chi connectivity index (χ1v) is 5.19. The molecule has 78 valence electrons. The Morgan fingerprint density at radius 2 is 2.50 bits per heavy atom. The van der Waals surface area contributed by atoms with Crippen molar-refractivity contribution in [1.82, 2.24) is 14.5 Å². The average molecular weight is 194 g/mol. The zero-order chi connectivity index (χ0) is 9.97. The van der Waals surface area contributed by atoms with E-state index in [2.05, 4.69) is 14.5 Å². The summed E-state index contributed by atoms with van der Waals surface area (Å²) in [5, 5.41) is 0. The number of aryl methyl sites for hydroxylation is 1. The molecule has 1 aromatic rings. The van der Waals surface area contributed by atoms with Crippen molar-refractivity contribution in [3.05, 3.63) is 18.2 Å². The Hall–Kier alpha value is -0.870. The van der Waals surface area contributed by atoms with Gasteiger partial charge in [0.15, 0.2) is 0 Å². The fourth-order valence-electron chi connectivity index (χ4n) is 2.00. The van der Waals surface area contributed by atoms with Gasteiger partial charge in [-0.2, -0.15) is 0 Å². The predicted octanol–water partition coefficient (Wildman–Crippen LogP) is 0.343. The van der Waals surface area contributed by atoms with Crippen LogP contribution in [0.5, 0.6) is 0 Å². The van der Waals surface area contributed by atoms with Gasteiger partial charge in [0.05, 0.1) is 12.0 Å². The lowest BCUT2D eigenvalue weighted by molar-refractivity contribution is 0.198. The van der Waals surface area contributed by atoms with E-state index in [0.29, 0.717) is 6.04 Å². The monoisotopic (exact) mass is 194 g/mol. The summed E-state index contributed by atoms with van der Waals surface area (Å²) in [4.78, 5) is 6.52. The average Bonchev–Trinajstić information content (AvgIpc) is 2.52. The summed E-state index contributed by atoms with van der Waals surface area (Å²) in [6, 6.07) is 0.358. The van der Waals surface area contributed by atoms with E-state index >= 15 is 0 Å². The third-order valence-corrected chi connectivity index (χ3v) is 2.84. The lowest BCUT2D eigenvalue weighted by Crippen LogP contribution is -2.42. The fraction of sp³-hybridized carbons (Fsp3) is 0.700. The van der Waals surface area contributed by atoms with E-state index in [0.717, 1.165) is 13.1 Å². The number of nitrogens with zero attached hydrogens (tertiary/aromatic N) is 3. The van der Waals surface area contributed by atoms with E-state index in [1.165, 1.54) is 25.1 Å². The van der Waals surface area contributed by atoms with E-state index in [4.69, 9.17) is 5.73 Å². The van der Waals surface area contributed by atoms with Gasteiger partial charge in [0.1, 0.15) is 0 Å². The molecule has 1 aromatic heterocycles. The number of likely N-dealkylation sites (tertiary alicyclic amines) is 1. The maximum absolute atomic E-state index is 5.93. The number of imidazole rings is 1. The lowest BCUT2D eigenvalue weighted by atomic mass is 10.1. The quantitative estimate of drug-likeness (QED) is 0.738. The SMILES string of the molecule is Cn1cncc1CN1CCC[C@@H](N)C1. The van der Waals surface area contributed by atoms with Crippen LogP contribution in [0.2, 0.25) is 0 Å². The van der Waals surface area contributed by atoms with Crippen LogP contribution in [0, 0.1) is 0 Å². The molecule has 0 bridgehead atoms. The summed E-state index contributed by atoms with van der Waals surface area (Å²) < 4.78 is 2.07. The molecule has 2 heterocycles. The third kappa shape index (κ3) is 2.13. The molecule has 0 aromatic carbocycles. The molecule has 1 atom stereocenters. The molecule has 0 unspecified atom stereocenters. The topological polar surface area (TPSA) is 47.1 Å². The molecule has 0 aliphatic carbocycles. The van der Waals surface area contributed by atoms with Crippen molar-refractivity contribution in [2.75, 3.05) is 13.1 Å². The molecule has 0 saturated carbocycles. The number of nitrogens with two attached hydrogens (primary N) is 1. The van der Waals surface area contributed by atoms with Crippen LogP contribution in [0.15, 0.2) is 12.5 Å². The van der Waals surface area contributed by atoms with Crippen LogP contribution in [0.25, 0.3) is 0 Å². The zero-order valence-electron chi connectivity index (χ0n) is 8.69. The van der Waals surface area contributed by atoms with Crippen LogP contribution >= 0.6 is 0 Å². The number of rotatable bonds is 2. The Morgan fingerprint density at radius 1 is 1.64 bits per heavy atom. The zero-order valence-corrected chi connectivity index (χ0v) is 8.69. The van der Waals surface area contributed by atoms with Crippen LogP contribution in [-0.4, -0.2) is 33.6 Å². The minimum absolute atomic E-state index is 0.358. The van der Waals surface area contributed by atoms with Crippen molar-refractivity contribution >= 4 is 0 Å². The van der Waals surface area contributed by atoms with Gasteiger partial charge in [-0.05, 0) is 19.4 Å². The van der Waals surface area contributed by atoms with Gasteiger partial charge in [-0.1, -0.05) is 0 Å². The van der Waals surface area contributed by atoms with Gasteiger partial charge in [0.25, 0.3) is 0 Å². The first kappa shape index (κ1) is 9.68. The molecule has 1 saturated heterocycles. The highest BCUT2D eigenvalue weighted by atomic mass is 15.2. The molecular weight excluding hydrogens is 176 g/mol. The Balaban J connectivity index is 1.94. The molecular formula is C10H18N4. The van der Waals surface area contributed by atoms with E-state index in [1.54, 1.807) is 0 Å². The Morgan fingerprint density at radius 3 is 3.14 bits per heavy atom. The summed E-state index contributed by atoms with van der Waals surface area (Å²) in [5.41, 5.74) is 7.19. The summed E-state index contributed by atoms with van der Waals surface area (Å²) in [6.45, 7) is 3.16. The van der Waals surface area contributed by atoms with Crippen LogP contribution in [0.3, 0.4) is 0 Å². The summed E-state index contributed by atoms with van der Waals surface area (Å²) in [6.07, 6.45) is 6.17. The molecule has 0 radical (unpaired) electrons. The van der Waals surface area contributed by atoms with Crippen molar-refractivity contribution < 1.29 is 0 Å². The highest BCUT2D eigenvalue weighted by molar-refractivity contribution is 4.97. The van der Waals surface area contributed by atoms with E-state index in [1.807, 2.05) is 19.6 Å². The second kappa shape index (κ2) is 4.11. The Kier molecular flexibility index (Phi) is 2.84. The van der Waals surface area contributed by atoms with E-state index in [-0.39, 0.29) is 0 Å². The summed E-state index contributed by atoms with van der Waals surface area (Å²) >= 11 is 0. The highest BCUT2D eigenvalue weighted by Gasteiger charge is 2.17. The molecule has 1 aliphatic rings. The van der Waals surface area contributed by atoms with Crippen LogP contribution in [0.1, 0.15) is 18.5 Å². The highest BCUT2D eigenvalue weighted by Crippen LogP contribution is 2.11. The van der Waals surface area contributed by atoms with E-state index < -0.39 is 0 Å². The first-order valence-electron chi connectivity index (χ1n) is 5.19.